The summed E-state index contributed by atoms with van der Waals surface area (Å²) in [6.45, 7) is 6.76. The van der Waals surface area contributed by atoms with Gasteiger partial charge in [-0.15, -0.1) is 0 Å². The predicted octanol–water partition coefficient (Wildman–Crippen LogP) is 3.69. The molecule has 2 rings (SSSR count). The lowest BCUT2D eigenvalue weighted by molar-refractivity contribution is 0.112. The standard InChI is InChI=1S/C15H17ClN2O/c1-15(2,3)13-12(10-19)14(16)17-18(13)9-11-7-5-4-6-8-11/h4-8,10H,9H2,1-3H3. The average molecular weight is 277 g/mol. The summed E-state index contributed by atoms with van der Waals surface area (Å²) in [5, 5.41) is 4.57. The predicted molar refractivity (Wildman–Crippen MR) is 76.9 cm³/mol. The fourth-order valence-corrected chi connectivity index (χ4v) is 2.44. The molecule has 0 radical (unpaired) electrons. The molecule has 1 aromatic carbocycles. The van der Waals surface area contributed by atoms with Gasteiger partial charge in [-0.2, -0.15) is 5.10 Å². The summed E-state index contributed by atoms with van der Waals surface area (Å²) in [7, 11) is 0. The maximum Gasteiger partial charge on any atom is 0.161 e. The number of rotatable bonds is 3. The largest absolute Gasteiger partial charge is 0.298 e. The van der Waals surface area contributed by atoms with Gasteiger partial charge in [-0.25, -0.2) is 0 Å². The van der Waals surface area contributed by atoms with Crippen molar-refractivity contribution >= 4 is 17.9 Å². The van der Waals surface area contributed by atoms with Gasteiger partial charge in [-0.3, -0.25) is 9.48 Å². The maximum absolute atomic E-state index is 11.2. The Hall–Kier alpha value is -1.61. The van der Waals surface area contributed by atoms with Crippen LogP contribution in [-0.4, -0.2) is 16.1 Å². The minimum Gasteiger partial charge on any atom is -0.298 e. The van der Waals surface area contributed by atoms with Crippen LogP contribution in [-0.2, 0) is 12.0 Å². The van der Waals surface area contributed by atoms with Crippen molar-refractivity contribution in [3.8, 4) is 0 Å². The Morgan fingerprint density at radius 1 is 1.26 bits per heavy atom. The highest BCUT2D eigenvalue weighted by atomic mass is 35.5. The summed E-state index contributed by atoms with van der Waals surface area (Å²) in [6, 6.07) is 10.0. The molecule has 0 bridgehead atoms. The minimum atomic E-state index is -0.189. The van der Waals surface area contributed by atoms with Crippen LogP contribution in [0.5, 0.6) is 0 Å². The average Bonchev–Trinajstić information content (AvgIpc) is 2.66. The Kier molecular flexibility index (Phi) is 3.76. The molecule has 0 unspecified atom stereocenters. The van der Waals surface area contributed by atoms with Crippen LogP contribution in [0.15, 0.2) is 30.3 Å². The molecular formula is C15H17ClN2O. The Labute approximate surface area is 118 Å². The van der Waals surface area contributed by atoms with Crippen LogP contribution in [0.4, 0.5) is 0 Å². The molecule has 3 nitrogen and oxygen atoms in total. The van der Waals surface area contributed by atoms with Crippen LogP contribution in [0.2, 0.25) is 5.15 Å². The van der Waals surface area contributed by atoms with E-state index >= 15 is 0 Å². The van der Waals surface area contributed by atoms with Gasteiger partial charge >= 0.3 is 0 Å². The van der Waals surface area contributed by atoms with Crippen molar-refractivity contribution < 1.29 is 4.79 Å². The smallest absolute Gasteiger partial charge is 0.161 e. The van der Waals surface area contributed by atoms with Gasteiger partial charge in [0.05, 0.1) is 17.8 Å². The van der Waals surface area contributed by atoms with Crippen LogP contribution in [0.1, 0.15) is 42.4 Å². The van der Waals surface area contributed by atoms with Crippen LogP contribution in [0, 0.1) is 0 Å². The Balaban J connectivity index is 2.49. The molecule has 0 aliphatic carbocycles. The first kappa shape index (κ1) is 13.8. The number of aromatic nitrogens is 2. The highest BCUT2D eigenvalue weighted by Crippen LogP contribution is 2.29. The summed E-state index contributed by atoms with van der Waals surface area (Å²) in [4.78, 5) is 11.2. The van der Waals surface area contributed by atoms with E-state index in [1.165, 1.54) is 0 Å². The number of nitrogens with zero attached hydrogens (tertiary/aromatic N) is 2. The van der Waals surface area contributed by atoms with Gasteiger partial charge in [0.2, 0.25) is 0 Å². The maximum atomic E-state index is 11.2. The van der Waals surface area contributed by atoms with Crippen molar-refractivity contribution in [3.05, 3.63) is 52.3 Å². The van der Waals surface area contributed by atoms with E-state index in [0.29, 0.717) is 12.1 Å². The van der Waals surface area contributed by atoms with Gasteiger partial charge in [0, 0.05) is 5.41 Å². The summed E-state index contributed by atoms with van der Waals surface area (Å²) < 4.78 is 1.82. The van der Waals surface area contributed by atoms with Crippen LogP contribution >= 0.6 is 11.6 Å². The zero-order chi connectivity index (χ0) is 14.0. The second-order valence-electron chi connectivity index (χ2n) is 5.56. The van der Waals surface area contributed by atoms with Gasteiger partial charge in [-0.1, -0.05) is 62.7 Å². The van der Waals surface area contributed by atoms with Crippen molar-refractivity contribution in [1.29, 1.82) is 0 Å². The quantitative estimate of drug-likeness (QED) is 0.801. The summed E-state index contributed by atoms with van der Waals surface area (Å²) in [5.41, 5.74) is 2.30. The molecule has 0 amide bonds. The lowest BCUT2D eigenvalue weighted by Gasteiger charge is -2.21. The summed E-state index contributed by atoms with van der Waals surface area (Å²) >= 11 is 6.06. The number of hydrogen-bond donors (Lipinski definition) is 0. The number of carbonyl (C=O) groups excluding carboxylic acids is 1. The van der Waals surface area contributed by atoms with E-state index < -0.39 is 0 Å². The monoisotopic (exact) mass is 276 g/mol. The molecule has 0 saturated carbocycles. The molecule has 100 valence electrons. The van der Waals surface area contributed by atoms with E-state index in [-0.39, 0.29) is 10.6 Å². The fraction of sp³-hybridized carbons (Fsp3) is 0.333. The number of benzene rings is 1. The van der Waals surface area contributed by atoms with Crippen molar-refractivity contribution in [3.63, 3.8) is 0 Å². The van der Waals surface area contributed by atoms with E-state index in [1.54, 1.807) is 0 Å². The third-order valence-electron chi connectivity index (χ3n) is 2.95. The molecule has 2 aromatic rings. The Morgan fingerprint density at radius 2 is 1.89 bits per heavy atom. The Bertz CT molecular complexity index is 582. The summed E-state index contributed by atoms with van der Waals surface area (Å²) in [6.07, 6.45) is 0.789. The van der Waals surface area contributed by atoms with Crippen molar-refractivity contribution in [1.82, 2.24) is 9.78 Å². The summed E-state index contributed by atoms with van der Waals surface area (Å²) in [5.74, 6) is 0. The lowest BCUT2D eigenvalue weighted by atomic mass is 9.89. The molecule has 1 aromatic heterocycles. The zero-order valence-corrected chi connectivity index (χ0v) is 12.1. The van der Waals surface area contributed by atoms with E-state index in [1.807, 2.05) is 35.0 Å². The highest BCUT2D eigenvalue weighted by Gasteiger charge is 2.26. The highest BCUT2D eigenvalue weighted by molar-refractivity contribution is 6.31. The van der Waals surface area contributed by atoms with Crippen molar-refractivity contribution in [2.45, 2.75) is 32.7 Å². The zero-order valence-electron chi connectivity index (χ0n) is 11.4. The van der Waals surface area contributed by atoms with E-state index in [2.05, 4.69) is 25.9 Å². The molecule has 0 spiro atoms. The minimum absolute atomic E-state index is 0.189. The molecule has 0 aliphatic heterocycles. The molecule has 1 heterocycles. The van der Waals surface area contributed by atoms with E-state index in [9.17, 15) is 4.79 Å². The molecule has 0 saturated heterocycles. The van der Waals surface area contributed by atoms with Crippen LogP contribution in [0.25, 0.3) is 0 Å². The molecular weight excluding hydrogens is 260 g/mol. The molecule has 19 heavy (non-hydrogen) atoms. The number of carbonyl (C=O) groups is 1. The molecule has 0 aliphatic rings. The molecule has 0 fully saturated rings. The normalized spacial score (nSPS) is 11.6. The first-order valence-electron chi connectivity index (χ1n) is 6.19. The third kappa shape index (κ3) is 2.87. The number of halogens is 1. The lowest BCUT2D eigenvalue weighted by Crippen LogP contribution is -2.20. The molecule has 0 atom stereocenters. The number of aldehydes is 1. The van der Waals surface area contributed by atoms with Crippen molar-refractivity contribution in [2.24, 2.45) is 0 Å². The fourth-order valence-electron chi connectivity index (χ4n) is 2.21. The third-order valence-corrected chi connectivity index (χ3v) is 3.23. The first-order chi connectivity index (χ1) is 8.93. The van der Waals surface area contributed by atoms with E-state index in [0.717, 1.165) is 17.5 Å². The van der Waals surface area contributed by atoms with Crippen LogP contribution < -0.4 is 0 Å². The van der Waals surface area contributed by atoms with Gasteiger partial charge < -0.3 is 0 Å². The topological polar surface area (TPSA) is 34.9 Å². The number of hydrogen-bond acceptors (Lipinski definition) is 2. The van der Waals surface area contributed by atoms with Gasteiger partial charge in [0.1, 0.15) is 0 Å². The first-order valence-corrected chi connectivity index (χ1v) is 6.57. The second-order valence-corrected chi connectivity index (χ2v) is 5.92. The van der Waals surface area contributed by atoms with Crippen molar-refractivity contribution in [2.75, 3.05) is 0 Å². The Morgan fingerprint density at radius 3 is 2.42 bits per heavy atom. The second kappa shape index (κ2) is 5.17. The van der Waals surface area contributed by atoms with E-state index in [4.69, 9.17) is 11.6 Å². The molecule has 4 heteroatoms. The van der Waals surface area contributed by atoms with Gasteiger partial charge in [0.25, 0.3) is 0 Å². The van der Waals surface area contributed by atoms with Gasteiger partial charge in [-0.05, 0) is 5.56 Å². The SMILES string of the molecule is CC(C)(C)c1c(C=O)c(Cl)nn1Cc1ccccc1. The molecule has 0 N–H and O–H groups in total. The van der Waals surface area contributed by atoms with Crippen LogP contribution in [0.3, 0.4) is 0 Å². The van der Waals surface area contributed by atoms with Gasteiger partial charge in [0.15, 0.2) is 11.4 Å².